The fraction of sp³-hybridized carbons (Fsp3) is 0.111. The molecular formula is C18H16ClN3O2. The Bertz CT molecular complexity index is 929. The number of aryl methyl sites for hydroxylation is 1. The number of benzene rings is 2. The summed E-state index contributed by atoms with van der Waals surface area (Å²) in [7, 11) is 0. The van der Waals surface area contributed by atoms with Crippen LogP contribution < -0.4 is 11.0 Å². The van der Waals surface area contributed by atoms with Crippen LogP contribution in [0, 0.1) is 6.92 Å². The van der Waals surface area contributed by atoms with Crippen molar-refractivity contribution in [2.45, 2.75) is 13.5 Å². The highest BCUT2D eigenvalue weighted by molar-refractivity contribution is 6.31. The maximum absolute atomic E-state index is 12.6. The summed E-state index contributed by atoms with van der Waals surface area (Å²) in [5, 5.41) is 3.34. The zero-order valence-corrected chi connectivity index (χ0v) is 13.8. The summed E-state index contributed by atoms with van der Waals surface area (Å²) in [4.78, 5) is 27.2. The van der Waals surface area contributed by atoms with E-state index in [1.165, 1.54) is 10.8 Å². The number of carbonyl (C=O) groups is 1. The number of rotatable bonds is 4. The van der Waals surface area contributed by atoms with Crippen LogP contribution >= 0.6 is 11.6 Å². The molecule has 0 fully saturated rings. The van der Waals surface area contributed by atoms with E-state index in [1.807, 2.05) is 43.3 Å². The van der Waals surface area contributed by atoms with Gasteiger partial charge >= 0.3 is 5.69 Å². The second-order valence-electron chi connectivity index (χ2n) is 5.46. The molecular weight excluding hydrogens is 326 g/mol. The summed E-state index contributed by atoms with van der Waals surface area (Å²) in [6, 6.07) is 14.8. The molecule has 0 aliphatic carbocycles. The van der Waals surface area contributed by atoms with Crippen molar-refractivity contribution in [3.8, 4) is 0 Å². The summed E-state index contributed by atoms with van der Waals surface area (Å²) in [6.07, 6.45) is 1.42. The first-order valence-electron chi connectivity index (χ1n) is 7.44. The van der Waals surface area contributed by atoms with Crippen molar-refractivity contribution in [1.82, 2.24) is 9.55 Å². The fourth-order valence-corrected chi connectivity index (χ4v) is 2.59. The van der Waals surface area contributed by atoms with Crippen LogP contribution in [0.5, 0.6) is 0 Å². The van der Waals surface area contributed by atoms with Gasteiger partial charge in [-0.25, -0.2) is 4.79 Å². The van der Waals surface area contributed by atoms with Crippen molar-refractivity contribution in [3.63, 3.8) is 0 Å². The molecule has 5 nitrogen and oxygen atoms in total. The van der Waals surface area contributed by atoms with Crippen molar-refractivity contribution in [2.75, 3.05) is 5.32 Å². The molecule has 0 aliphatic heterocycles. The number of nitrogens with zero attached hydrogens (tertiary/aromatic N) is 1. The molecule has 0 atom stereocenters. The molecule has 1 aromatic heterocycles. The Balaban J connectivity index is 1.88. The van der Waals surface area contributed by atoms with Crippen molar-refractivity contribution in [1.29, 1.82) is 0 Å². The van der Waals surface area contributed by atoms with E-state index in [0.717, 1.165) is 11.1 Å². The Kier molecular flexibility index (Phi) is 4.53. The zero-order chi connectivity index (χ0) is 17.1. The van der Waals surface area contributed by atoms with E-state index in [-0.39, 0.29) is 17.3 Å². The monoisotopic (exact) mass is 341 g/mol. The van der Waals surface area contributed by atoms with Gasteiger partial charge in [-0.1, -0.05) is 48.0 Å². The molecule has 0 unspecified atom stereocenters. The van der Waals surface area contributed by atoms with Gasteiger partial charge in [-0.3, -0.25) is 9.36 Å². The fourth-order valence-electron chi connectivity index (χ4n) is 2.42. The van der Waals surface area contributed by atoms with Crippen LogP contribution in [0.25, 0.3) is 0 Å². The maximum Gasteiger partial charge on any atom is 0.326 e. The van der Waals surface area contributed by atoms with Crippen LogP contribution in [-0.2, 0) is 6.54 Å². The van der Waals surface area contributed by atoms with E-state index < -0.39 is 0 Å². The van der Waals surface area contributed by atoms with E-state index in [0.29, 0.717) is 17.3 Å². The standard InChI is InChI=1S/C18H16ClN3O2/c1-12-7-8-14(19)9-15(12)21-17(23)16-10-20-18(24)22(16)11-13-5-3-2-4-6-13/h2-10H,11H2,1H3,(H,20,24)(H,21,23). The minimum absolute atomic E-state index is 0.267. The summed E-state index contributed by atoms with van der Waals surface area (Å²) in [6.45, 7) is 2.20. The minimum atomic E-state index is -0.366. The van der Waals surface area contributed by atoms with E-state index in [4.69, 9.17) is 11.6 Å². The third-order valence-corrected chi connectivity index (χ3v) is 3.97. The Morgan fingerprint density at radius 1 is 1.21 bits per heavy atom. The molecule has 1 heterocycles. The molecule has 0 aliphatic rings. The number of halogens is 1. The van der Waals surface area contributed by atoms with Crippen molar-refractivity contribution in [3.05, 3.63) is 87.1 Å². The number of carbonyl (C=O) groups excluding carboxylic acids is 1. The molecule has 0 saturated heterocycles. The number of amides is 1. The first-order chi connectivity index (χ1) is 11.5. The van der Waals surface area contributed by atoms with Crippen LogP contribution in [-0.4, -0.2) is 15.5 Å². The van der Waals surface area contributed by atoms with Gasteiger partial charge in [-0.05, 0) is 30.2 Å². The normalized spacial score (nSPS) is 10.6. The number of H-pyrrole nitrogens is 1. The lowest BCUT2D eigenvalue weighted by Gasteiger charge is -2.10. The Labute approximate surface area is 143 Å². The lowest BCUT2D eigenvalue weighted by molar-refractivity contribution is 0.101. The number of aromatic nitrogens is 2. The van der Waals surface area contributed by atoms with Gasteiger partial charge in [-0.2, -0.15) is 0 Å². The van der Waals surface area contributed by atoms with Crippen LogP contribution in [0.15, 0.2) is 59.5 Å². The zero-order valence-electron chi connectivity index (χ0n) is 13.0. The molecule has 0 spiro atoms. The Morgan fingerprint density at radius 3 is 2.71 bits per heavy atom. The topological polar surface area (TPSA) is 66.9 Å². The number of nitrogens with one attached hydrogen (secondary N) is 2. The molecule has 24 heavy (non-hydrogen) atoms. The molecule has 0 saturated carbocycles. The third kappa shape index (κ3) is 3.41. The molecule has 2 N–H and O–H groups in total. The lowest BCUT2D eigenvalue weighted by Crippen LogP contribution is -2.24. The quantitative estimate of drug-likeness (QED) is 0.763. The van der Waals surface area contributed by atoms with Gasteiger partial charge in [0.1, 0.15) is 5.69 Å². The first kappa shape index (κ1) is 16.1. The lowest BCUT2D eigenvalue weighted by atomic mass is 10.2. The van der Waals surface area contributed by atoms with Crippen LogP contribution in [0.2, 0.25) is 5.02 Å². The molecule has 2 aromatic carbocycles. The minimum Gasteiger partial charge on any atom is -0.320 e. The number of hydrogen-bond acceptors (Lipinski definition) is 2. The Hall–Kier alpha value is -2.79. The second kappa shape index (κ2) is 6.76. The predicted molar refractivity (Wildman–Crippen MR) is 94.7 cm³/mol. The molecule has 0 bridgehead atoms. The third-order valence-electron chi connectivity index (χ3n) is 3.73. The average Bonchev–Trinajstić information content (AvgIpc) is 2.93. The van der Waals surface area contributed by atoms with E-state index >= 15 is 0 Å². The SMILES string of the molecule is Cc1ccc(Cl)cc1NC(=O)c1c[nH]c(=O)n1Cc1ccccc1. The molecule has 3 aromatic rings. The van der Waals surface area contributed by atoms with Crippen molar-refractivity contribution >= 4 is 23.2 Å². The molecule has 0 radical (unpaired) electrons. The maximum atomic E-state index is 12.6. The Morgan fingerprint density at radius 2 is 1.96 bits per heavy atom. The van der Waals surface area contributed by atoms with Crippen LogP contribution in [0.1, 0.15) is 21.6 Å². The number of hydrogen-bond donors (Lipinski definition) is 2. The van der Waals surface area contributed by atoms with Gasteiger partial charge in [-0.15, -0.1) is 0 Å². The van der Waals surface area contributed by atoms with Crippen molar-refractivity contribution < 1.29 is 4.79 Å². The highest BCUT2D eigenvalue weighted by Crippen LogP contribution is 2.20. The molecule has 6 heteroatoms. The van der Waals surface area contributed by atoms with Gasteiger partial charge in [0.15, 0.2) is 0 Å². The van der Waals surface area contributed by atoms with Crippen LogP contribution in [0.4, 0.5) is 5.69 Å². The van der Waals surface area contributed by atoms with Crippen LogP contribution in [0.3, 0.4) is 0 Å². The van der Waals surface area contributed by atoms with Gasteiger partial charge in [0.05, 0.1) is 6.54 Å². The number of aromatic amines is 1. The molecule has 1 amide bonds. The number of anilines is 1. The van der Waals surface area contributed by atoms with Crippen molar-refractivity contribution in [2.24, 2.45) is 0 Å². The van der Waals surface area contributed by atoms with E-state index in [2.05, 4.69) is 10.3 Å². The molecule has 3 rings (SSSR count). The van der Waals surface area contributed by atoms with Gasteiger partial charge in [0.25, 0.3) is 5.91 Å². The van der Waals surface area contributed by atoms with Gasteiger partial charge in [0, 0.05) is 16.9 Å². The highest BCUT2D eigenvalue weighted by Gasteiger charge is 2.15. The molecule has 122 valence electrons. The smallest absolute Gasteiger partial charge is 0.320 e. The van der Waals surface area contributed by atoms with Gasteiger partial charge in [0.2, 0.25) is 0 Å². The number of imidazole rings is 1. The first-order valence-corrected chi connectivity index (χ1v) is 7.82. The summed E-state index contributed by atoms with van der Waals surface area (Å²) >= 11 is 5.98. The highest BCUT2D eigenvalue weighted by atomic mass is 35.5. The van der Waals surface area contributed by atoms with Gasteiger partial charge < -0.3 is 10.3 Å². The second-order valence-corrected chi connectivity index (χ2v) is 5.90. The summed E-state index contributed by atoms with van der Waals surface area (Å²) in [5.74, 6) is -0.366. The predicted octanol–water partition coefficient (Wildman–Crippen LogP) is 3.44. The largest absolute Gasteiger partial charge is 0.326 e. The summed E-state index contributed by atoms with van der Waals surface area (Å²) < 4.78 is 1.41. The van der Waals surface area contributed by atoms with E-state index in [9.17, 15) is 9.59 Å². The summed E-state index contributed by atoms with van der Waals surface area (Å²) in [5.41, 5.74) is 2.38. The van der Waals surface area contributed by atoms with E-state index in [1.54, 1.807) is 12.1 Å². The average molecular weight is 342 g/mol.